The van der Waals surface area contributed by atoms with E-state index >= 15 is 0 Å². The Morgan fingerprint density at radius 3 is 2.73 bits per heavy atom. The Balaban J connectivity index is 0.00000243. The first-order valence-electron chi connectivity index (χ1n) is 7.62. The molecule has 7 nitrogen and oxygen atoms in total. The molecule has 0 spiro atoms. The van der Waals surface area contributed by atoms with E-state index in [9.17, 15) is 23.1 Å². The molecule has 26 heavy (non-hydrogen) atoms. The molecule has 1 fully saturated rings. The van der Waals surface area contributed by atoms with Gasteiger partial charge in [-0.15, -0.1) is 17.5 Å². The molecule has 1 amide bonds. The number of hydrogen-bond donors (Lipinski definition) is 3. The summed E-state index contributed by atoms with van der Waals surface area (Å²) >= 11 is 0. The third kappa shape index (κ3) is 4.32. The summed E-state index contributed by atoms with van der Waals surface area (Å²) in [4.78, 5) is 12.1. The molecule has 2 aromatic rings. The number of halogens is 4. The second-order valence-corrected chi connectivity index (χ2v) is 5.76. The van der Waals surface area contributed by atoms with E-state index in [1.807, 2.05) is 0 Å². The van der Waals surface area contributed by atoms with E-state index in [2.05, 4.69) is 20.9 Å². The molecule has 1 aromatic carbocycles. The van der Waals surface area contributed by atoms with E-state index in [0.29, 0.717) is 13.1 Å². The van der Waals surface area contributed by atoms with Gasteiger partial charge in [0.1, 0.15) is 0 Å². The number of hydrogen-bond acceptors (Lipinski definition) is 5. The van der Waals surface area contributed by atoms with Crippen LogP contribution in [0, 0.1) is 5.92 Å². The van der Waals surface area contributed by atoms with E-state index < -0.39 is 23.8 Å². The Kier molecular flexibility index (Phi) is 6.21. The Morgan fingerprint density at radius 1 is 1.35 bits per heavy atom. The highest BCUT2D eigenvalue weighted by molar-refractivity contribution is 5.91. The van der Waals surface area contributed by atoms with Crippen molar-refractivity contribution in [2.75, 3.05) is 19.6 Å². The van der Waals surface area contributed by atoms with Gasteiger partial charge in [-0.25, -0.2) is 4.68 Å². The molecule has 0 aliphatic carbocycles. The second-order valence-electron chi connectivity index (χ2n) is 5.76. The number of β-amino-alcohol motifs (C(OH)–C–C–N with tert-alkyl or cyclic N) is 1. The van der Waals surface area contributed by atoms with Crippen LogP contribution in [-0.2, 0) is 6.18 Å². The minimum absolute atomic E-state index is 0. The van der Waals surface area contributed by atoms with Crippen LogP contribution in [0.4, 0.5) is 13.2 Å². The van der Waals surface area contributed by atoms with Gasteiger partial charge in [-0.2, -0.15) is 13.2 Å². The highest BCUT2D eigenvalue weighted by atomic mass is 35.5. The number of carbonyl (C=O) groups is 1. The van der Waals surface area contributed by atoms with Gasteiger partial charge < -0.3 is 15.7 Å². The number of aliphatic hydroxyl groups excluding tert-OH is 1. The van der Waals surface area contributed by atoms with Crippen LogP contribution < -0.4 is 10.6 Å². The number of para-hydroxylation sites is 1. The molecule has 0 saturated carbocycles. The maximum absolute atomic E-state index is 13.1. The van der Waals surface area contributed by atoms with Gasteiger partial charge in [-0.1, -0.05) is 17.3 Å². The molecule has 1 aliphatic rings. The van der Waals surface area contributed by atoms with Crippen molar-refractivity contribution in [1.82, 2.24) is 25.6 Å². The van der Waals surface area contributed by atoms with Gasteiger partial charge in [0.15, 0.2) is 5.69 Å². The smallest absolute Gasteiger partial charge is 0.391 e. The van der Waals surface area contributed by atoms with Crippen LogP contribution in [-0.4, -0.2) is 51.7 Å². The van der Waals surface area contributed by atoms with E-state index in [1.165, 1.54) is 18.2 Å². The highest BCUT2D eigenvalue weighted by Crippen LogP contribution is 2.33. The standard InChI is InChI=1S/C15H16F3N5O2.ClH/c16-15(17,18)10-3-1-2-4-12(10)23-8-11(21-22-23)14(25)20-6-9-5-19-7-13(9)24;/h1-4,8-9,13,19,24H,5-7H2,(H,20,25);1H. The molecule has 2 heterocycles. The largest absolute Gasteiger partial charge is 0.418 e. The first-order valence-corrected chi connectivity index (χ1v) is 7.62. The molecule has 2 unspecified atom stereocenters. The van der Waals surface area contributed by atoms with Crippen molar-refractivity contribution in [3.63, 3.8) is 0 Å². The van der Waals surface area contributed by atoms with Crippen molar-refractivity contribution < 1.29 is 23.1 Å². The summed E-state index contributed by atoms with van der Waals surface area (Å²) in [6, 6.07) is 4.91. The number of alkyl halides is 3. The number of amides is 1. The van der Waals surface area contributed by atoms with Gasteiger partial charge in [0.25, 0.3) is 5.91 Å². The maximum Gasteiger partial charge on any atom is 0.418 e. The molecule has 2 atom stereocenters. The van der Waals surface area contributed by atoms with Gasteiger partial charge in [-0.05, 0) is 12.1 Å². The molecule has 0 bridgehead atoms. The predicted molar refractivity (Wildman–Crippen MR) is 88.3 cm³/mol. The van der Waals surface area contributed by atoms with E-state index in [4.69, 9.17) is 0 Å². The van der Waals surface area contributed by atoms with Crippen molar-refractivity contribution in [2.45, 2.75) is 12.3 Å². The fraction of sp³-hybridized carbons (Fsp3) is 0.400. The summed E-state index contributed by atoms with van der Waals surface area (Å²) in [6.07, 6.45) is -3.95. The summed E-state index contributed by atoms with van der Waals surface area (Å²) in [5.41, 5.74) is -1.18. The average molecular weight is 392 g/mol. The number of aromatic nitrogens is 3. The Morgan fingerprint density at radius 2 is 2.08 bits per heavy atom. The number of benzene rings is 1. The molecule has 3 rings (SSSR count). The molecular weight excluding hydrogens is 375 g/mol. The minimum atomic E-state index is -4.55. The zero-order valence-electron chi connectivity index (χ0n) is 13.4. The zero-order chi connectivity index (χ0) is 18.0. The fourth-order valence-electron chi connectivity index (χ4n) is 2.64. The zero-order valence-corrected chi connectivity index (χ0v) is 14.2. The van der Waals surface area contributed by atoms with Crippen LogP contribution in [0.3, 0.4) is 0 Å². The quantitative estimate of drug-likeness (QED) is 0.723. The summed E-state index contributed by atoms with van der Waals surface area (Å²) in [7, 11) is 0. The maximum atomic E-state index is 13.1. The third-order valence-electron chi connectivity index (χ3n) is 4.01. The molecule has 11 heteroatoms. The van der Waals surface area contributed by atoms with Gasteiger partial charge in [0, 0.05) is 25.6 Å². The summed E-state index contributed by atoms with van der Waals surface area (Å²) in [6.45, 7) is 1.27. The van der Waals surface area contributed by atoms with Crippen LogP contribution in [0.15, 0.2) is 30.5 Å². The highest BCUT2D eigenvalue weighted by Gasteiger charge is 2.34. The Hall–Kier alpha value is -2.17. The predicted octanol–water partition coefficient (Wildman–Crippen LogP) is 1.02. The SMILES string of the molecule is Cl.O=C(NCC1CNCC1O)c1cn(-c2ccccc2C(F)(F)F)nn1. The monoisotopic (exact) mass is 391 g/mol. The van der Waals surface area contributed by atoms with E-state index in [0.717, 1.165) is 16.9 Å². The van der Waals surface area contributed by atoms with Crippen molar-refractivity contribution in [2.24, 2.45) is 5.92 Å². The summed E-state index contributed by atoms with van der Waals surface area (Å²) in [5, 5.41) is 22.5. The lowest BCUT2D eigenvalue weighted by Gasteiger charge is -2.13. The Bertz CT molecular complexity index is 768. The molecular formula is C15H17ClF3N5O2. The lowest BCUT2D eigenvalue weighted by atomic mass is 10.1. The topological polar surface area (TPSA) is 92.1 Å². The average Bonchev–Trinajstić information content (AvgIpc) is 3.21. The van der Waals surface area contributed by atoms with E-state index in [1.54, 1.807) is 0 Å². The molecule has 142 valence electrons. The molecule has 1 saturated heterocycles. The number of rotatable bonds is 4. The lowest BCUT2D eigenvalue weighted by molar-refractivity contribution is -0.137. The molecule has 3 N–H and O–H groups in total. The summed E-state index contributed by atoms with van der Waals surface area (Å²) in [5.74, 6) is -0.681. The number of nitrogens with one attached hydrogen (secondary N) is 2. The third-order valence-corrected chi connectivity index (χ3v) is 4.01. The second kappa shape index (κ2) is 8.02. The first-order chi connectivity index (χ1) is 11.9. The number of nitrogens with zero attached hydrogens (tertiary/aromatic N) is 3. The Labute approximate surface area is 153 Å². The van der Waals surface area contributed by atoms with Gasteiger partial charge in [-0.3, -0.25) is 4.79 Å². The normalized spacial score (nSPS) is 19.8. The van der Waals surface area contributed by atoms with Crippen LogP contribution >= 0.6 is 12.4 Å². The van der Waals surface area contributed by atoms with Crippen LogP contribution in [0.25, 0.3) is 5.69 Å². The van der Waals surface area contributed by atoms with Crippen LogP contribution in [0.2, 0.25) is 0 Å². The summed E-state index contributed by atoms with van der Waals surface area (Å²) < 4.78 is 40.1. The number of carbonyl (C=O) groups excluding carboxylic acids is 1. The van der Waals surface area contributed by atoms with E-state index in [-0.39, 0.29) is 36.3 Å². The minimum Gasteiger partial charge on any atom is -0.391 e. The molecule has 1 aliphatic heterocycles. The van der Waals surface area contributed by atoms with Crippen molar-refractivity contribution >= 4 is 18.3 Å². The van der Waals surface area contributed by atoms with Crippen molar-refractivity contribution in [1.29, 1.82) is 0 Å². The number of aliphatic hydroxyl groups is 1. The molecule has 1 aromatic heterocycles. The first kappa shape index (κ1) is 20.1. The lowest BCUT2D eigenvalue weighted by Crippen LogP contribution is -2.34. The van der Waals surface area contributed by atoms with Crippen LogP contribution in [0.5, 0.6) is 0 Å². The van der Waals surface area contributed by atoms with Gasteiger partial charge >= 0.3 is 6.18 Å². The van der Waals surface area contributed by atoms with Crippen LogP contribution in [0.1, 0.15) is 16.1 Å². The van der Waals surface area contributed by atoms with Crippen molar-refractivity contribution in [3.8, 4) is 5.69 Å². The molecule has 0 radical (unpaired) electrons. The fourth-order valence-corrected chi connectivity index (χ4v) is 2.64. The van der Waals surface area contributed by atoms with Crippen molar-refractivity contribution in [3.05, 3.63) is 41.7 Å². The van der Waals surface area contributed by atoms with Gasteiger partial charge in [0.05, 0.1) is 23.6 Å². The van der Waals surface area contributed by atoms with Gasteiger partial charge in [0.2, 0.25) is 0 Å².